The number of hydrogen-bond donors (Lipinski definition) is 1. The van der Waals surface area contributed by atoms with E-state index in [1.807, 2.05) is 0 Å². The van der Waals surface area contributed by atoms with Gasteiger partial charge in [0.25, 0.3) is 0 Å². The third-order valence-electron chi connectivity index (χ3n) is 3.02. The maximum Gasteiger partial charge on any atom is 0.00387 e. The van der Waals surface area contributed by atoms with E-state index in [0.29, 0.717) is 6.04 Å². The Labute approximate surface area is 103 Å². The molecular weight excluding hydrogens is 196 g/mol. The van der Waals surface area contributed by atoms with E-state index in [0.717, 1.165) is 0 Å². The summed E-state index contributed by atoms with van der Waals surface area (Å²) < 4.78 is 0. The van der Waals surface area contributed by atoms with Crippen molar-refractivity contribution in [2.75, 3.05) is 27.2 Å². The highest BCUT2D eigenvalue weighted by molar-refractivity contribution is 4.61. The Bertz CT molecular complexity index is 135. The zero-order chi connectivity index (χ0) is 12.2. The molecule has 0 saturated carbocycles. The second kappa shape index (κ2) is 11.4. The van der Waals surface area contributed by atoms with Gasteiger partial charge in [-0.1, -0.05) is 32.6 Å². The van der Waals surface area contributed by atoms with Gasteiger partial charge in [-0.05, 0) is 53.4 Å². The van der Waals surface area contributed by atoms with Gasteiger partial charge in [0.05, 0.1) is 0 Å². The first-order chi connectivity index (χ1) is 7.66. The normalized spacial score (nSPS) is 13.3. The van der Waals surface area contributed by atoms with Crippen LogP contribution in [0.2, 0.25) is 0 Å². The molecule has 0 amide bonds. The molecule has 16 heavy (non-hydrogen) atoms. The van der Waals surface area contributed by atoms with Crippen molar-refractivity contribution in [1.82, 2.24) is 10.2 Å². The van der Waals surface area contributed by atoms with Gasteiger partial charge in [0.15, 0.2) is 0 Å². The molecule has 0 saturated heterocycles. The summed E-state index contributed by atoms with van der Waals surface area (Å²) in [5, 5.41) is 3.61. The van der Waals surface area contributed by atoms with Gasteiger partial charge in [0.1, 0.15) is 0 Å². The predicted molar refractivity (Wildman–Crippen MR) is 74.0 cm³/mol. The minimum Gasteiger partial charge on any atom is -0.314 e. The van der Waals surface area contributed by atoms with Crippen LogP contribution in [-0.4, -0.2) is 38.1 Å². The van der Waals surface area contributed by atoms with Crippen LogP contribution in [0.25, 0.3) is 0 Å². The van der Waals surface area contributed by atoms with E-state index >= 15 is 0 Å². The lowest BCUT2D eigenvalue weighted by molar-refractivity contribution is 0.386. The summed E-state index contributed by atoms with van der Waals surface area (Å²) in [6, 6.07) is 0.705. The van der Waals surface area contributed by atoms with Gasteiger partial charge in [-0.15, -0.1) is 0 Å². The first-order valence-electron chi connectivity index (χ1n) is 7.05. The van der Waals surface area contributed by atoms with E-state index < -0.39 is 0 Å². The Hall–Kier alpha value is -0.0800. The Balaban J connectivity index is 3.14. The van der Waals surface area contributed by atoms with Crippen LogP contribution in [0.5, 0.6) is 0 Å². The zero-order valence-electron chi connectivity index (χ0n) is 11.9. The monoisotopic (exact) mass is 228 g/mol. The summed E-state index contributed by atoms with van der Waals surface area (Å²) in [4.78, 5) is 2.26. The molecule has 2 heteroatoms. The zero-order valence-corrected chi connectivity index (χ0v) is 11.9. The molecule has 0 fully saturated rings. The average molecular weight is 228 g/mol. The second-order valence-corrected chi connectivity index (χ2v) is 5.21. The van der Waals surface area contributed by atoms with Gasteiger partial charge in [-0.25, -0.2) is 0 Å². The highest BCUT2D eigenvalue weighted by atomic mass is 15.0. The average Bonchev–Trinajstić information content (AvgIpc) is 2.23. The molecule has 0 aromatic heterocycles. The van der Waals surface area contributed by atoms with Crippen LogP contribution in [0.4, 0.5) is 0 Å². The maximum atomic E-state index is 3.61. The van der Waals surface area contributed by atoms with Gasteiger partial charge >= 0.3 is 0 Å². The van der Waals surface area contributed by atoms with Crippen LogP contribution in [0.1, 0.15) is 58.8 Å². The van der Waals surface area contributed by atoms with Crippen molar-refractivity contribution >= 4 is 0 Å². The van der Waals surface area contributed by atoms with Crippen LogP contribution in [0.3, 0.4) is 0 Å². The molecule has 0 aromatic rings. The summed E-state index contributed by atoms with van der Waals surface area (Å²) in [5.41, 5.74) is 0. The van der Waals surface area contributed by atoms with Gasteiger partial charge < -0.3 is 10.2 Å². The number of rotatable bonds is 11. The van der Waals surface area contributed by atoms with Crippen molar-refractivity contribution in [1.29, 1.82) is 0 Å². The fourth-order valence-corrected chi connectivity index (χ4v) is 1.88. The largest absolute Gasteiger partial charge is 0.314 e. The number of nitrogens with zero attached hydrogens (tertiary/aromatic N) is 1. The lowest BCUT2D eigenvalue weighted by atomic mass is 10.1. The fraction of sp³-hybridized carbons (Fsp3) is 1.00. The first-order valence-corrected chi connectivity index (χ1v) is 7.05. The third-order valence-corrected chi connectivity index (χ3v) is 3.02. The molecule has 0 heterocycles. The molecule has 0 aliphatic heterocycles. The van der Waals surface area contributed by atoms with Crippen LogP contribution < -0.4 is 5.32 Å². The third kappa shape index (κ3) is 12.0. The summed E-state index contributed by atoms with van der Waals surface area (Å²) in [6.07, 6.45) is 9.48. The van der Waals surface area contributed by atoms with Crippen molar-refractivity contribution in [3.63, 3.8) is 0 Å². The van der Waals surface area contributed by atoms with E-state index in [9.17, 15) is 0 Å². The van der Waals surface area contributed by atoms with Crippen LogP contribution in [0, 0.1) is 0 Å². The molecule has 1 unspecified atom stereocenters. The van der Waals surface area contributed by atoms with Gasteiger partial charge in [0, 0.05) is 6.04 Å². The van der Waals surface area contributed by atoms with Crippen molar-refractivity contribution in [3.05, 3.63) is 0 Å². The number of nitrogens with one attached hydrogen (secondary N) is 1. The maximum absolute atomic E-state index is 3.61. The molecule has 2 nitrogen and oxygen atoms in total. The second-order valence-electron chi connectivity index (χ2n) is 5.21. The molecule has 0 bridgehead atoms. The van der Waals surface area contributed by atoms with E-state index in [2.05, 4.69) is 38.2 Å². The Morgan fingerprint density at radius 1 is 1.00 bits per heavy atom. The van der Waals surface area contributed by atoms with Crippen LogP contribution in [0.15, 0.2) is 0 Å². The van der Waals surface area contributed by atoms with E-state index in [4.69, 9.17) is 0 Å². The molecule has 0 rings (SSSR count). The molecule has 0 aromatic carbocycles. The molecule has 98 valence electrons. The highest BCUT2D eigenvalue weighted by Gasteiger charge is 2.00. The standard InChI is InChI=1S/C14H32N2/c1-5-6-7-8-11-14(2)15-12-9-10-13-16(3)4/h14-15H,5-13H2,1-4H3. The quantitative estimate of drug-likeness (QED) is 0.546. The summed E-state index contributed by atoms with van der Waals surface area (Å²) in [5.74, 6) is 0. The SMILES string of the molecule is CCCCCCC(C)NCCCCN(C)C. The fourth-order valence-electron chi connectivity index (χ4n) is 1.88. The van der Waals surface area contributed by atoms with E-state index in [1.165, 1.54) is 58.0 Å². The first kappa shape index (κ1) is 15.9. The Morgan fingerprint density at radius 3 is 2.38 bits per heavy atom. The molecule has 0 aliphatic carbocycles. The molecule has 0 radical (unpaired) electrons. The predicted octanol–water partition coefficient (Wildman–Crippen LogP) is 3.28. The van der Waals surface area contributed by atoms with E-state index in [-0.39, 0.29) is 0 Å². The molecule has 0 spiro atoms. The van der Waals surface area contributed by atoms with Crippen LogP contribution in [-0.2, 0) is 0 Å². The topological polar surface area (TPSA) is 15.3 Å². The smallest absolute Gasteiger partial charge is 0.00387 e. The molecule has 1 N–H and O–H groups in total. The summed E-state index contributed by atoms with van der Waals surface area (Å²) in [6.45, 7) is 6.99. The Kier molecular flexibility index (Phi) is 11.3. The highest BCUT2D eigenvalue weighted by Crippen LogP contribution is 2.05. The lowest BCUT2D eigenvalue weighted by Crippen LogP contribution is -2.27. The van der Waals surface area contributed by atoms with Crippen molar-refractivity contribution < 1.29 is 0 Å². The molecule has 0 aliphatic rings. The van der Waals surface area contributed by atoms with Crippen molar-refractivity contribution in [2.45, 2.75) is 64.8 Å². The molecular formula is C14H32N2. The van der Waals surface area contributed by atoms with Crippen molar-refractivity contribution in [2.24, 2.45) is 0 Å². The van der Waals surface area contributed by atoms with Crippen molar-refractivity contribution in [3.8, 4) is 0 Å². The van der Waals surface area contributed by atoms with Gasteiger partial charge in [-0.3, -0.25) is 0 Å². The molecule has 1 atom stereocenters. The summed E-state index contributed by atoms with van der Waals surface area (Å²) in [7, 11) is 4.29. The number of unbranched alkanes of at least 4 members (excludes halogenated alkanes) is 4. The summed E-state index contributed by atoms with van der Waals surface area (Å²) >= 11 is 0. The minimum atomic E-state index is 0.705. The van der Waals surface area contributed by atoms with Gasteiger partial charge in [0.2, 0.25) is 0 Å². The van der Waals surface area contributed by atoms with Gasteiger partial charge in [-0.2, -0.15) is 0 Å². The van der Waals surface area contributed by atoms with E-state index in [1.54, 1.807) is 0 Å². The number of hydrogen-bond acceptors (Lipinski definition) is 2. The van der Waals surface area contributed by atoms with Crippen LogP contribution >= 0.6 is 0 Å². The minimum absolute atomic E-state index is 0.705. The lowest BCUT2D eigenvalue weighted by Gasteiger charge is -2.14. The Morgan fingerprint density at radius 2 is 1.75 bits per heavy atom.